The highest BCUT2D eigenvalue weighted by Crippen LogP contribution is 2.09. The molecule has 98 valence electrons. The second kappa shape index (κ2) is 7.10. The first-order chi connectivity index (χ1) is 8.06. The molecule has 1 rings (SSSR count). The molecule has 1 atom stereocenters. The Bertz CT molecular complexity index is 401. The predicted molar refractivity (Wildman–Crippen MR) is 72.7 cm³/mol. The second-order valence-corrected chi connectivity index (χ2v) is 7.18. The molecule has 0 spiro atoms. The summed E-state index contributed by atoms with van der Waals surface area (Å²) in [7, 11) is -3.22. The zero-order chi connectivity index (χ0) is 12.7. The maximum atomic E-state index is 11.9. The van der Waals surface area contributed by atoms with Crippen molar-refractivity contribution in [3.8, 4) is 0 Å². The molecule has 17 heavy (non-hydrogen) atoms. The van der Waals surface area contributed by atoms with Crippen molar-refractivity contribution in [2.24, 2.45) is 0 Å². The minimum atomic E-state index is -3.22. The van der Waals surface area contributed by atoms with Crippen LogP contribution in [0.5, 0.6) is 0 Å². The summed E-state index contributed by atoms with van der Waals surface area (Å²) in [5.41, 5.74) is 0. The average molecular weight is 276 g/mol. The molecule has 1 aromatic rings. The van der Waals surface area contributed by atoms with E-state index in [1.54, 1.807) is 18.3 Å². The van der Waals surface area contributed by atoms with E-state index in [0.29, 0.717) is 13.1 Å². The molecule has 1 heterocycles. The molecular formula is C11H20N2O2S2. The molecule has 2 N–H and O–H groups in total. The molecule has 0 radical (unpaired) electrons. The molecule has 6 heteroatoms. The fourth-order valence-electron chi connectivity index (χ4n) is 1.32. The molecule has 0 amide bonds. The van der Waals surface area contributed by atoms with E-state index in [4.69, 9.17) is 0 Å². The second-order valence-electron chi connectivity index (χ2n) is 3.96. The summed E-state index contributed by atoms with van der Waals surface area (Å²) < 4.78 is 26.4. The summed E-state index contributed by atoms with van der Waals surface area (Å²) in [4.78, 5) is 1.03. The van der Waals surface area contributed by atoms with Gasteiger partial charge < -0.3 is 5.32 Å². The Morgan fingerprint density at radius 3 is 2.82 bits per heavy atom. The van der Waals surface area contributed by atoms with Gasteiger partial charge in [-0.15, -0.1) is 11.3 Å². The summed E-state index contributed by atoms with van der Waals surface area (Å²) >= 11 is 1.55. The van der Waals surface area contributed by atoms with Crippen LogP contribution < -0.4 is 10.0 Å². The van der Waals surface area contributed by atoms with Crippen molar-refractivity contribution in [2.45, 2.75) is 32.1 Å². The topological polar surface area (TPSA) is 58.2 Å². The lowest BCUT2D eigenvalue weighted by molar-refractivity contribution is 0.557. The molecule has 0 aromatic carbocycles. The van der Waals surface area contributed by atoms with Gasteiger partial charge in [0.15, 0.2) is 0 Å². The first-order valence-electron chi connectivity index (χ1n) is 5.78. The van der Waals surface area contributed by atoms with Gasteiger partial charge in [-0.1, -0.05) is 13.0 Å². The van der Waals surface area contributed by atoms with Crippen LogP contribution in [0.4, 0.5) is 0 Å². The summed E-state index contributed by atoms with van der Waals surface area (Å²) in [6.07, 6.45) is 1.01. The SMILES string of the molecule is CCCNCC(C)S(=O)(=O)NCc1cccs1. The summed E-state index contributed by atoms with van der Waals surface area (Å²) in [6, 6.07) is 3.84. The van der Waals surface area contributed by atoms with Crippen molar-refractivity contribution in [3.05, 3.63) is 22.4 Å². The van der Waals surface area contributed by atoms with E-state index in [1.165, 1.54) is 0 Å². The molecule has 1 aromatic heterocycles. The zero-order valence-electron chi connectivity index (χ0n) is 10.3. The summed E-state index contributed by atoms with van der Waals surface area (Å²) in [5.74, 6) is 0. The minimum Gasteiger partial charge on any atom is -0.315 e. The minimum absolute atomic E-state index is 0.387. The number of nitrogens with one attached hydrogen (secondary N) is 2. The lowest BCUT2D eigenvalue weighted by Gasteiger charge is -2.14. The van der Waals surface area contributed by atoms with E-state index in [0.717, 1.165) is 17.8 Å². The molecule has 0 bridgehead atoms. The lowest BCUT2D eigenvalue weighted by Crippen LogP contribution is -2.38. The van der Waals surface area contributed by atoms with Crippen molar-refractivity contribution >= 4 is 21.4 Å². The van der Waals surface area contributed by atoms with E-state index in [2.05, 4.69) is 17.0 Å². The van der Waals surface area contributed by atoms with E-state index >= 15 is 0 Å². The van der Waals surface area contributed by atoms with Gasteiger partial charge in [0, 0.05) is 18.0 Å². The Morgan fingerprint density at radius 2 is 2.24 bits per heavy atom. The predicted octanol–water partition coefficient (Wildman–Crippen LogP) is 1.56. The van der Waals surface area contributed by atoms with Gasteiger partial charge in [0.1, 0.15) is 0 Å². The third-order valence-corrected chi connectivity index (χ3v) is 5.07. The van der Waals surface area contributed by atoms with E-state index < -0.39 is 15.3 Å². The highest BCUT2D eigenvalue weighted by Gasteiger charge is 2.19. The molecule has 1 unspecified atom stereocenters. The molecule has 0 aliphatic heterocycles. The van der Waals surface area contributed by atoms with Crippen molar-refractivity contribution < 1.29 is 8.42 Å². The summed E-state index contributed by atoms with van der Waals surface area (Å²) in [5, 5.41) is 4.65. The maximum Gasteiger partial charge on any atom is 0.215 e. The van der Waals surface area contributed by atoms with Gasteiger partial charge in [0.05, 0.1) is 5.25 Å². The highest BCUT2D eigenvalue weighted by atomic mass is 32.2. The molecule has 0 fully saturated rings. The van der Waals surface area contributed by atoms with Crippen LogP contribution >= 0.6 is 11.3 Å². The molecule has 0 aliphatic carbocycles. The maximum absolute atomic E-state index is 11.9. The number of rotatable bonds is 8. The number of thiophene rings is 1. The van der Waals surface area contributed by atoms with Crippen LogP contribution in [-0.4, -0.2) is 26.8 Å². The molecular weight excluding hydrogens is 256 g/mol. The van der Waals surface area contributed by atoms with Crippen LogP contribution in [0.1, 0.15) is 25.1 Å². The van der Waals surface area contributed by atoms with Crippen LogP contribution in [-0.2, 0) is 16.6 Å². The number of sulfonamides is 1. The van der Waals surface area contributed by atoms with Crippen molar-refractivity contribution in [3.63, 3.8) is 0 Å². The van der Waals surface area contributed by atoms with Crippen LogP contribution in [0.15, 0.2) is 17.5 Å². The quantitative estimate of drug-likeness (QED) is 0.708. The van der Waals surface area contributed by atoms with Gasteiger partial charge in [-0.05, 0) is 31.3 Å². The summed E-state index contributed by atoms with van der Waals surface area (Å²) in [6.45, 7) is 5.51. The van der Waals surface area contributed by atoms with Gasteiger partial charge in [-0.3, -0.25) is 0 Å². The Kier molecular flexibility index (Phi) is 6.11. The number of hydrogen-bond donors (Lipinski definition) is 2. The van der Waals surface area contributed by atoms with Gasteiger partial charge in [0.2, 0.25) is 10.0 Å². The third kappa shape index (κ3) is 5.16. The fraction of sp³-hybridized carbons (Fsp3) is 0.636. The Hall–Kier alpha value is -0.430. The standard InChI is InChI=1S/C11H20N2O2S2/c1-3-6-12-8-10(2)17(14,15)13-9-11-5-4-7-16-11/h4-5,7,10,12-13H,3,6,8-9H2,1-2H3. The van der Waals surface area contributed by atoms with Crippen LogP contribution in [0, 0.1) is 0 Å². The zero-order valence-corrected chi connectivity index (χ0v) is 11.9. The lowest BCUT2D eigenvalue weighted by atomic mass is 10.4. The first kappa shape index (κ1) is 14.6. The Morgan fingerprint density at radius 1 is 1.47 bits per heavy atom. The molecule has 0 saturated carbocycles. The average Bonchev–Trinajstić information content (AvgIpc) is 2.79. The molecule has 0 aliphatic rings. The first-order valence-corrected chi connectivity index (χ1v) is 8.20. The van der Waals surface area contributed by atoms with Crippen LogP contribution in [0.25, 0.3) is 0 Å². The van der Waals surface area contributed by atoms with Crippen LogP contribution in [0.3, 0.4) is 0 Å². The number of hydrogen-bond acceptors (Lipinski definition) is 4. The van der Waals surface area contributed by atoms with Gasteiger partial charge >= 0.3 is 0 Å². The van der Waals surface area contributed by atoms with Gasteiger partial charge in [0.25, 0.3) is 0 Å². The van der Waals surface area contributed by atoms with E-state index in [-0.39, 0.29) is 0 Å². The monoisotopic (exact) mass is 276 g/mol. The van der Waals surface area contributed by atoms with Gasteiger partial charge in [-0.25, -0.2) is 13.1 Å². The van der Waals surface area contributed by atoms with E-state index in [1.807, 2.05) is 17.5 Å². The van der Waals surface area contributed by atoms with E-state index in [9.17, 15) is 8.42 Å². The Labute approximate surface area is 107 Å². The largest absolute Gasteiger partial charge is 0.315 e. The van der Waals surface area contributed by atoms with Crippen molar-refractivity contribution in [1.29, 1.82) is 0 Å². The van der Waals surface area contributed by atoms with Crippen LogP contribution in [0.2, 0.25) is 0 Å². The molecule has 4 nitrogen and oxygen atoms in total. The van der Waals surface area contributed by atoms with Gasteiger partial charge in [-0.2, -0.15) is 0 Å². The fourth-order valence-corrected chi connectivity index (χ4v) is 3.03. The van der Waals surface area contributed by atoms with Crippen molar-refractivity contribution in [2.75, 3.05) is 13.1 Å². The third-order valence-electron chi connectivity index (χ3n) is 2.42. The normalized spacial score (nSPS) is 13.8. The smallest absolute Gasteiger partial charge is 0.215 e. The Balaban J connectivity index is 2.39. The highest BCUT2D eigenvalue weighted by molar-refractivity contribution is 7.90. The molecule has 0 saturated heterocycles. The van der Waals surface area contributed by atoms with Crippen molar-refractivity contribution in [1.82, 2.24) is 10.0 Å².